The number of carbonyl (C=O) groups is 3. The summed E-state index contributed by atoms with van der Waals surface area (Å²) in [6.45, 7) is 6.53. The second kappa shape index (κ2) is 51.3. The van der Waals surface area contributed by atoms with E-state index in [0.29, 0.717) is 19.3 Å². The van der Waals surface area contributed by atoms with Crippen LogP contribution in [0.4, 0.5) is 0 Å². The van der Waals surface area contributed by atoms with Crippen molar-refractivity contribution in [1.29, 1.82) is 0 Å². The molecule has 0 spiro atoms. The minimum atomic E-state index is -0.761. The minimum absolute atomic E-state index is 0.0688. The van der Waals surface area contributed by atoms with Crippen molar-refractivity contribution in [3.05, 3.63) is 36.5 Å². The van der Waals surface area contributed by atoms with E-state index in [1.165, 1.54) is 167 Å². The Bertz CT molecular complexity index is 1050. The van der Waals surface area contributed by atoms with Crippen molar-refractivity contribution in [1.82, 2.24) is 0 Å². The first-order valence-corrected chi connectivity index (χ1v) is 27.0. The fourth-order valence-electron chi connectivity index (χ4n) is 7.80. The molecule has 0 fully saturated rings. The normalized spacial score (nSPS) is 12.2. The molecular formula is C56H102O6. The van der Waals surface area contributed by atoms with Crippen LogP contribution in [-0.2, 0) is 28.6 Å². The number of unbranched alkanes of at least 4 members (excludes halogenated alkanes) is 32. The molecule has 1 atom stereocenters. The first kappa shape index (κ1) is 59.6. The molecule has 0 aromatic heterocycles. The van der Waals surface area contributed by atoms with Crippen molar-refractivity contribution < 1.29 is 28.6 Å². The van der Waals surface area contributed by atoms with Gasteiger partial charge in [0.15, 0.2) is 6.10 Å². The Morgan fingerprint density at radius 3 is 0.903 bits per heavy atom. The van der Waals surface area contributed by atoms with Gasteiger partial charge in [-0.05, 0) is 57.8 Å². The van der Waals surface area contributed by atoms with Crippen LogP contribution in [0.3, 0.4) is 0 Å². The molecule has 62 heavy (non-hydrogen) atoms. The third-order valence-corrected chi connectivity index (χ3v) is 11.9. The molecule has 0 aliphatic rings. The predicted molar refractivity (Wildman–Crippen MR) is 266 cm³/mol. The lowest BCUT2D eigenvalue weighted by atomic mass is 10.0. The van der Waals surface area contributed by atoms with Crippen molar-refractivity contribution in [2.45, 2.75) is 290 Å². The standard InChI is InChI=1S/C56H102O6/c1-4-7-10-13-15-17-18-19-20-21-22-23-24-25-26-27-28-29-30-31-32-33-34-35-36-37-38-39-41-43-46-49-55(58)61-52-53(51-60-54(57)48-45-42-12-9-6-3)62-56(59)50-47-44-40-16-14-11-8-5-2/h18-19,21-22,24-25,53H,4-17,20,23,26-52H2,1-3H3/b19-18-,22-21-,25-24-. The minimum Gasteiger partial charge on any atom is -0.462 e. The largest absolute Gasteiger partial charge is 0.462 e. The summed E-state index contributed by atoms with van der Waals surface area (Å²) < 4.78 is 16.6. The highest BCUT2D eigenvalue weighted by atomic mass is 16.6. The van der Waals surface area contributed by atoms with Crippen LogP contribution in [0.15, 0.2) is 36.5 Å². The highest BCUT2D eigenvalue weighted by molar-refractivity contribution is 5.71. The van der Waals surface area contributed by atoms with Crippen LogP contribution in [0.2, 0.25) is 0 Å². The molecule has 0 aliphatic heterocycles. The monoisotopic (exact) mass is 871 g/mol. The molecule has 0 aliphatic carbocycles. The zero-order chi connectivity index (χ0) is 45.1. The summed E-state index contributed by atoms with van der Waals surface area (Å²) in [5.74, 6) is -0.880. The Morgan fingerprint density at radius 1 is 0.323 bits per heavy atom. The van der Waals surface area contributed by atoms with Gasteiger partial charge in [-0.15, -0.1) is 0 Å². The van der Waals surface area contributed by atoms with E-state index in [1.807, 2.05) is 0 Å². The summed E-state index contributed by atoms with van der Waals surface area (Å²) in [7, 11) is 0. The third-order valence-electron chi connectivity index (χ3n) is 11.9. The van der Waals surface area contributed by atoms with Crippen LogP contribution < -0.4 is 0 Å². The molecule has 0 saturated carbocycles. The second-order valence-corrected chi connectivity index (χ2v) is 18.2. The molecule has 1 unspecified atom stereocenters. The average molecular weight is 871 g/mol. The van der Waals surface area contributed by atoms with Crippen LogP contribution in [0.1, 0.15) is 284 Å². The lowest BCUT2D eigenvalue weighted by molar-refractivity contribution is -0.167. The number of hydrogen-bond donors (Lipinski definition) is 0. The molecule has 0 aromatic rings. The summed E-state index contributed by atoms with van der Waals surface area (Å²) in [5.41, 5.74) is 0. The van der Waals surface area contributed by atoms with Crippen molar-refractivity contribution in [2.24, 2.45) is 0 Å². The highest BCUT2D eigenvalue weighted by Crippen LogP contribution is 2.16. The maximum absolute atomic E-state index is 12.6. The number of carbonyl (C=O) groups excluding carboxylic acids is 3. The van der Waals surface area contributed by atoms with Gasteiger partial charge in [-0.1, -0.05) is 243 Å². The van der Waals surface area contributed by atoms with Gasteiger partial charge in [0.2, 0.25) is 0 Å². The van der Waals surface area contributed by atoms with E-state index in [2.05, 4.69) is 57.2 Å². The summed E-state index contributed by atoms with van der Waals surface area (Å²) >= 11 is 0. The van der Waals surface area contributed by atoms with E-state index in [-0.39, 0.29) is 31.1 Å². The first-order chi connectivity index (χ1) is 30.5. The van der Waals surface area contributed by atoms with Crippen molar-refractivity contribution in [3.63, 3.8) is 0 Å². The molecule has 0 aromatic carbocycles. The second-order valence-electron chi connectivity index (χ2n) is 18.2. The third kappa shape index (κ3) is 48.7. The van der Waals surface area contributed by atoms with Crippen LogP contribution in [-0.4, -0.2) is 37.2 Å². The number of rotatable bonds is 49. The maximum atomic E-state index is 12.6. The summed E-state index contributed by atoms with van der Waals surface area (Å²) in [5, 5.41) is 0. The van der Waals surface area contributed by atoms with Crippen molar-refractivity contribution >= 4 is 17.9 Å². The number of hydrogen-bond acceptors (Lipinski definition) is 6. The number of allylic oxidation sites excluding steroid dienone is 6. The van der Waals surface area contributed by atoms with Gasteiger partial charge in [0.1, 0.15) is 13.2 Å². The quantitative estimate of drug-likeness (QED) is 0.0262. The van der Waals surface area contributed by atoms with Gasteiger partial charge in [0.05, 0.1) is 0 Å². The van der Waals surface area contributed by atoms with Gasteiger partial charge in [-0.3, -0.25) is 14.4 Å². The Morgan fingerprint density at radius 2 is 0.581 bits per heavy atom. The smallest absolute Gasteiger partial charge is 0.306 e. The van der Waals surface area contributed by atoms with Crippen LogP contribution >= 0.6 is 0 Å². The fourth-order valence-corrected chi connectivity index (χ4v) is 7.80. The molecule has 0 heterocycles. The van der Waals surface area contributed by atoms with Crippen molar-refractivity contribution in [2.75, 3.05) is 13.2 Å². The van der Waals surface area contributed by atoms with Crippen molar-refractivity contribution in [3.8, 4) is 0 Å². The fraction of sp³-hybridized carbons (Fsp3) is 0.839. The molecule has 0 bridgehead atoms. The van der Waals surface area contributed by atoms with Gasteiger partial charge < -0.3 is 14.2 Å². The highest BCUT2D eigenvalue weighted by Gasteiger charge is 2.19. The van der Waals surface area contributed by atoms with E-state index in [0.717, 1.165) is 77.0 Å². The van der Waals surface area contributed by atoms with Crippen LogP contribution in [0, 0.1) is 0 Å². The van der Waals surface area contributed by atoms with Gasteiger partial charge in [0.25, 0.3) is 0 Å². The van der Waals surface area contributed by atoms with Crippen LogP contribution in [0.5, 0.6) is 0 Å². The summed E-state index contributed by atoms with van der Waals surface area (Å²) in [4.78, 5) is 37.4. The molecule has 6 heteroatoms. The van der Waals surface area contributed by atoms with E-state index < -0.39 is 6.10 Å². The molecular weight excluding hydrogens is 769 g/mol. The molecule has 362 valence electrons. The lowest BCUT2D eigenvalue weighted by Crippen LogP contribution is -2.30. The summed E-state index contributed by atoms with van der Waals surface area (Å²) in [6.07, 6.45) is 60.6. The lowest BCUT2D eigenvalue weighted by Gasteiger charge is -2.18. The van der Waals surface area contributed by atoms with Gasteiger partial charge in [-0.25, -0.2) is 0 Å². The first-order valence-electron chi connectivity index (χ1n) is 27.0. The topological polar surface area (TPSA) is 78.9 Å². The van der Waals surface area contributed by atoms with E-state index in [4.69, 9.17) is 14.2 Å². The molecule has 0 N–H and O–H groups in total. The number of esters is 3. The van der Waals surface area contributed by atoms with E-state index >= 15 is 0 Å². The van der Waals surface area contributed by atoms with Crippen LogP contribution in [0.25, 0.3) is 0 Å². The Hall–Kier alpha value is -2.37. The zero-order valence-corrected chi connectivity index (χ0v) is 41.4. The molecule has 6 nitrogen and oxygen atoms in total. The average Bonchev–Trinajstić information content (AvgIpc) is 3.27. The molecule has 0 radical (unpaired) electrons. The maximum Gasteiger partial charge on any atom is 0.306 e. The predicted octanol–water partition coefficient (Wildman–Crippen LogP) is 17.7. The van der Waals surface area contributed by atoms with E-state index in [1.54, 1.807) is 0 Å². The van der Waals surface area contributed by atoms with Gasteiger partial charge in [-0.2, -0.15) is 0 Å². The molecule has 0 rings (SSSR count). The Kier molecular flexibility index (Phi) is 49.3. The molecule has 0 saturated heterocycles. The Labute approximate surface area is 385 Å². The van der Waals surface area contributed by atoms with E-state index in [9.17, 15) is 14.4 Å². The number of ether oxygens (including phenoxy) is 3. The van der Waals surface area contributed by atoms with Gasteiger partial charge >= 0.3 is 17.9 Å². The zero-order valence-electron chi connectivity index (χ0n) is 41.4. The summed E-state index contributed by atoms with van der Waals surface area (Å²) in [6, 6.07) is 0. The Balaban J connectivity index is 3.85. The van der Waals surface area contributed by atoms with Gasteiger partial charge in [0, 0.05) is 19.3 Å². The molecule has 0 amide bonds. The SMILES string of the molecule is CCCCCCC/C=C\C/C=C\C/C=C\CCCCCCCCCCCCCCCCCCC(=O)OCC(COC(=O)CCCCCCC)OC(=O)CCCCCCCCCC.